The number of nitrogens with one attached hydrogen (secondary N) is 1. The summed E-state index contributed by atoms with van der Waals surface area (Å²) in [7, 11) is 1.93. The van der Waals surface area contributed by atoms with E-state index in [-0.39, 0.29) is 5.91 Å². The summed E-state index contributed by atoms with van der Waals surface area (Å²) >= 11 is 0. The molecule has 2 rings (SSSR count). The number of amides is 1. The molecule has 0 heterocycles. The summed E-state index contributed by atoms with van der Waals surface area (Å²) in [6, 6.07) is 11.9. The maximum Gasteiger partial charge on any atom is 0.238 e. The van der Waals surface area contributed by atoms with Gasteiger partial charge in [0.25, 0.3) is 0 Å². The Morgan fingerprint density at radius 3 is 2.39 bits per heavy atom. The number of carbonyl (C=O) groups excluding carboxylic acids is 1. The fraction of sp³-hybridized carbons (Fsp3) is 0.316. The fourth-order valence-electron chi connectivity index (χ4n) is 2.86. The second kappa shape index (κ2) is 7.29. The molecule has 0 saturated heterocycles. The lowest BCUT2D eigenvalue weighted by Gasteiger charge is -2.18. The molecular formula is C19H25N3O. The Morgan fingerprint density at radius 2 is 1.78 bits per heavy atom. The van der Waals surface area contributed by atoms with Gasteiger partial charge in [-0.15, -0.1) is 0 Å². The van der Waals surface area contributed by atoms with Crippen molar-refractivity contribution in [3.63, 3.8) is 0 Å². The number of hydrogen-bond acceptors (Lipinski definition) is 3. The van der Waals surface area contributed by atoms with Crippen LogP contribution in [-0.2, 0) is 11.3 Å². The van der Waals surface area contributed by atoms with Gasteiger partial charge in [0.1, 0.15) is 0 Å². The molecule has 0 aliphatic heterocycles. The highest BCUT2D eigenvalue weighted by Crippen LogP contribution is 2.21. The quantitative estimate of drug-likeness (QED) is 0.833. The Morgan fingerprint density at radius 1 is 1.13 bits per heavy atom. The molecule has 4 nitrogen and oxygen atoms in total. The van der Waals surface area contributed by atoms with Crippen LogP contribution in [0.3, 0.4) is 0 Å². The van der Waals surface area contributed by atoms with Gasteiger partial charge < -0.3 is 11.1 Å². The number of carbonyl (C=O) groups is 1. The molecule has 0 saturated carbocycles. The maximum atomic E-state index is 12.3. The summed E-state index contributed by atoms with van der Waals surface area (Å²) < 4.78 is 0. The SMILES string of the molecule is Cc1cc(C)c(NC(=O)CN(C)Cc2cccc(N)c2)c(C)c1. The zero-order valence-electron chi connectivity index (χ0n) is 14.3. The van der Waals surface area contributed by atoms with Gasteiger partial charge in [-0.3, -0.25) is 9.69 Å². The monoisotopic (exact) mass is 311 g/mol. The number of hydrogen-bond donors (Lipinski definition) is 2. The van der Waals surface area contributed by atoms with Gasteiger partial charge in [0.15, 0.2) is 0 Å². The van der Waals surface area contributed by atoms with Crippen LogP contribution in [0, 0.1) is 20.8 Å². The second-order valence-corrected chi connectivity index (χ2v) is 6.24. The Bertz CT molecular complexity index is 687. The van der Waals surface area contributed by atoms with E-state index < -0.39 is 0 Å². The number of rotatable bonds is 5. The van der Waals surface area contributed by atoms with E-state index in [1.807, 2.05) is 50.1 Å². The number of aryl methyl sites for hydroxylation is 3. The van der Waals surface area contributed by atoms with Crippen LogP contribution in [0.5, 0.6) is 0 Å². The van der Waals surface area contributed by atoms with Gasteiger partial charge in [-0.1, -0.05) is 29.8 Å². The lowest BCUT2D eigenvalue weighted by molar-refractivity contribution is -0.117. The lowest BCUT2D eigenvalue weighted by Crippen LogP contribution is -2.30. The van der Waals surface area contributed by atoms with Gasteiger partial charge in [0.2, 0.25) is 5.91 Å². The maximum absolute atomic E-state index is 12.3. The van der Waals surface area contributed by atoms with Crippen molar-refractivity contribution in [3.05, 3.63) is 58.7 Å². The van der Waals surface area contributed by atoms with Crippen molar-refractivity contribution in [2.45, 2.75) is 27.3 Å². The molecule has 3 N–H and O–H groups in total. The van der Waals surface area contributed by atoms with Crippen LogP contribution in [0.2, 0.25) is 0 Å². The average Bonchev–Trinajstić information content (AvgIpc) is 2.42. The highest BCUT2D eigenvalue weighted by atomic mass is 16.2. The zero-order valence-corrected chi connectivity index (χ0v) is 14.3. The molecule has 122 valence electrons. The molecule has 0 spiro atoms. The minimum Gasteiger partial charge on any atom is -0.399 e. The number of nitrogens with zero attached hydrogens (tertiary/aromatic N) is 1. The molecule has 0 aromatic heterocycles. The third kappa shape index (κ3) is 4.83. The van der Waals surface area contributed by atoms with Crippen LogP contribution in [0.15, 0.2) is 36.4 Å². The van der Waals surface area contributed by atoms with Crippen LogP contribution in [0.1, 0.15) is 22.3 Å². The molecular weight excluding hydrogens is 286 g/mol. The molecule has 0 bridgehead atoms. The topological polar surface area (TPSA) is 58.4 Å². The van der Waals surface area contributed by atoms with Crippen molar-refractivity contribution in [1.29, 1.82) is 0 Å². The smallest absolute Gasteiger partial charge is 0.238 e. The van der Waals surface area contributed by atoms with Crippen molar-refractivity contribution in [3.8, 4) is 0 Å². The second-order valence-electron chi connectivity index (χ2n) is 6.24. The van der Waals surface area contributed by atoms with E-state index in [9.17, 15) is 4.79 Å². The summed E-state index contributed by atoms with van der Waals surface area (Å²) in [5.41, 5.74) is 11.9. The Labute approximate surface area is 138 Å². The molecule has 0 unspecified atom stereocenters. The normalized spacial score (nSPS) is 10.8. The van der Waals surface area contributed by atoms with E-state index in [0.29, 0.717) is 13.1 Å². The van der Waals surface area contributed by atoms with Crippen LogP contribution >= 0.6 is 0 Å². The first-order valence-corrected chi connectivity index (χ1v) is 7.76. The van der Waals surface area contributed by atoms with Crippen LogP contribution < -0.4 is 11.1 Å². The molecule has 0 aliphatic rings. The van der Waals surface area contributed by atoms with Gasteiger partial charge in [-0.05, 0) is 56.6 Å². The largest absolute Gasteiger partial charge is 0.399 e. The Balaban J connectivity index is 1.97. The summed E-state index contributed by atoms with van der Waals surface area (Å²) in [4.78, 5) is 14.3. The molecule has 0 aliphatic carbocycles. The summed E-state index contributed by atoms with van der Waals surface area (Å²) in [6.07, 6.45) is 0. The third-order valence-corrected chi connectivity index (χ3v) is 3.76. The predicted molar refractivity (Wildman–Crippen MR) is 96.5 cm³/mol. The average molecular weight is 311 g/mol. The van der Waals surface area contributed by atoms with Crippen molar-refractivity contribution in [2.24, 2.45) is 0 Å². The molecule has 2 aromatic carbocycles. The highest BCUT2D eigenvalue weighted by Gasteiger charge is 2.11. The summed E-state index contributed by atoms with van der Waals surface area (Å²) in [5, 5.41) is 3.03. The number of likely N-dealkylation sites (N-methyl/N-ethyl adjacent to an activating group) is 1. The number of nitrogens with two attached hydrogens (primary N) is 1. The van der Waals surface area contributed by atoms with Crippen molar-refractivity contribution in [1.82, 2.24) is 4.90 Å². The zero-order chi connectivity index (χ0) is 17.0. The Hall–Kier alpha value is -2.33. The van der Waals surface area contributed by atoms with E-state index >= 15 is 0 Å². The fourth-order valence-corrected chi connectivity index (χ4v) is 2.86. The lowest BCUT2D eigenvalue weighted by atomic mass is 10.1. The molecule has 0 radical (unpaired) electrons. The van der Waals surface area contributed by atoms with Crippen LogP contribution in [0.25, 0.3) is 0 Å². The first kappa shape index (κ1) is 17.0. The van der Waals surface area contributed by atoms with E-state index in [0.717, 1.165) is 28.1 Å². The minimum atomic E-state index is -0.00791. The molecule has 2 aromatic rings. The third-order valence-electron chi connectivity index (χ3n) is 3.76. The summed E-state index contributed by atoms with van der Waals surface area (Å²) in [5.74, 6) is -0.00791. The van der Waals surface area contributed by atoms with Gasteiger partial charge in [-0.2, -0.15) is 0 Å². The molecule has 4 heteroatoms. The van der Waals surface area contributed by atoms with Crippen molar-refractivity contribution < 1.29 is 4.79 Å². The molecule has 0 fully saturated rings. The standard InChI is InChI=1S/C19H25N3O/c1-13-8-14(2)19(15(3)9-13)21-18(23)12-22(4)11-16-6-5-7-17(20)10-16/h5-10H,11-12,20H2,1-4H3,(H,21,23). The number of anilines is 2. The highest BCUT2D eigenvalue weighted by molar-refractivity contribution is 5.93. The molecule has 23 heavy (non-hydrogen) atoms. The van der Waals surface area contributed by atoms with Gasteiger partial charge in [0.05, 0.1) is 6.54 Å². The number of nitrogen functional groups attached to an aromatic ring is 1. The van der Waals surface area contributed by atoms with E-state index in [2.05, 4.69) is 24.4 Å². The van der Waals surface area contributed by atoms with E-state index in [1.54, 1.807) is 0 Å². The molecule has 0 atom stereocenters. The minimum absolute atomic E-state index is 0.00791. The van der Waals surface area contributed by atoms with Gasteiger partial charge >= 0.3 is 0 Å². The van der Waals surface area contributed by atoms with E-state index in [4.69, 9.17) is 5.73 Å². The summed E-state index contributed by atoms with van der Waals surface area (Å²) in [6.45, 7) is 7.12. The van der Waals surface area contributed by atoms with Crippen LogP contribution in [0.4, 0.5) is 11.4 Å². The predicted octanol–water partition coefficient (Wildman–Crippen LogP) is 3.26. The first-order valence-electron chi connectivity index (χ1n) is 7.76. The van der Waals surface area contributed by atoms with E-state index in [1.165, 1.54) is 5.56 Å². The van der Waals surface area contributed by atoms with Crippen molar-refractivity contribution in [2.75, 3.05) is 24.6 Å². The van der Waals surface area contributed by atoms with Gasteiger partial charge in [0, 0.05) is 17.9 Å². The molecule has 1 amide bonds. The van der Waals surface area contributed by atoms with Crippen molar-refractivity contribution >= 4 is 17.3 Å². The number of benzene rings is 2. The first-order chi connectivity index (χ1) is 10.8. The van der Waals surface area contributed by atoms with Gasteiger partial charge in [-0.25, -0.2) is 0 Å². The Kier molecular flexibility index (Phi) is 5.40. The van der Waals surface area contributed by atoms with Crippen LogP contribution in [-0.4, -0.2) is 24.4 Å².